The number of anilines is 2. The first-order valence-corrected chi connectivity index (χ1v) is 5.60. The second-order valence-corrected chi connectivity index (χ2v) is 4.11. The van der Waals surface area contributed by atoms with E-state index < -0.39 is 11.6 Å². The molecule has 16 heavy (non-hydrogen) atoms. The van der Waals surface area contributed by atoms with Gasteiger partial charge in [-0.05, 0) is 28.5 Å². The van der Waals surface area contributed by atoms with Crippen molar-refractivity contribution in [2.75, 3.05) is 11.1 Å². The third-order valence-corrected chi connectivity index (χ3v) is 2.89. The van der Waals surface area contributed by atoms with Crippen molar-refractivity contribution in [3.63, 3.8) is 0 Å². The van der Waals surface area contributed by atoms with Crippen molar-refractivity contribution in [1.29, 1.82) is 0 Å². The number of nitrogens with two attached hydrogens (primary N) is 1. The summed E-state index contributed by atoms with van der Waals surface area (Å²) < 4.78 is 26.0. The molecule has 0 saturated heterocycles. The molecule has 0 aliphatic heterocycles. The van der Waals surface area contributed by atoms with Crippen LogP contribution in [-0.2, 0) is 6.54 Å². The number of rotatable bonds is 3. The second kappa shape index (κ2) is 4.49. The number of nitrogens with one attached hydrogen (secondary N) is 1. The van der Waals surface area contributed by atoms with E-state index in [4.69, 9.17) is 5.73 Å². The van der Waals surface area contributed by atoms with Gasteiger partial charge in [0.2, 0.25) is 0 Å². The van der Waals surface area contributed by atoms with E-state index in [2.05, 4.69) is 5.32 Å². The van der Waals surface area contributed by atoms with E-state index in [0.717, 1.165) is 11.6 Å². The van der Waals surface area contributed by atoms with Crippen molar-refractivity contribution in [2.24, 2.45) is 0 Å². The van der Waals surface area contributed by atoms with Gasteiger partial charge in [-0.3, -0.25) is 0 Å². The Morgan fingerprint density at radius 2 is 2.12 bits per heavy atom. The highest BCUT2D eigenvalue weighted by molar-refractivity contribution is 7.07. The van der Waals surface area contributed by atoms with E-state index in [1.807, 2.05) is 16.8 Å². The van der Waals surface area contributed by atoms with Crippen molar-refractivity contribution in [1.82, 2.24) is 0 Å². The lowest BCUT2D eigenvalue weighted by atomic mass is 10.2. The van der Waals surface area contributed by atoms with Crippen LogP contribution in [0.5, 0.6) is 0 Å². The largest absolute Gasteiger partial charge is 0.395 e. The molecule has 0 spiro atoms. The Morgan fingerprint density at radius 1 is 1.31 bits per heavy atom. The quantitative estimate of drug-likeness (QED) is 0.808. The maximum absolute atomic E-state index is 13.1. The minimum absolute atomic E-state index is 0.0587. The number of hydrogen-bond donors (Lipinski definition) is 2. The van der Waals surface area contributed by atoms with Crippen LogP contribution in [0.3, 0.4) is 0 Å². The molecule has 1 aromatic carbocycles. The summed E-state index contributed by atoms with van der Waals surface area (Å²) in [6, 6.07) is 3.89. The van der Waals surface area contributed by atoms with Crippen molar-refractivity contribution < 1.29 is 8.78 Å². The number of hydrogen-bond acceptors (Lipinski definition) is 3. The fourth-order valence-electron chi connectivity index (χ4n) is 1.32. The van der Waals surface area contributed by atoms with E-state index in [9.17, 15) is 8.78 Å². The molecular formula is C11H10F2N2S. The zero-order valence-electron chi connectivity index (χ0n) is 8.34. The summed E-state index contributed by atoms with van der Waals surface area (Å²) >= 11 is 1.57. The Hall–Kier alpha value is -1.62. The molecule has 0 amide bonds. The SMILES string of the molecule is Nc1c(F)cc(F)cc1NCc1ccsc1. The fourth-order valence-corrected chi connectivity index (χ4v) is 1.99. The van der Waals surface area contributed by atoms with Gasteiger partial charge in [0.25, 0.3) is 0 Å². The summed E-state index contributed by atoms with van der Waals surface area (Å²) in [5.41, 5.74) is 6.76. The molecule has 1 heterocycles. The summed E-state index contributed by atoms with van der Waals surface area (Å²) in [5, 5.41) is 6.79. The van der Waals surface area contributed by atoms with Crippen LogP contribution in [0.4, 0.5) is 20.2 Å². The topological polar surface area (TPSA) is 38.0 Å². The van der Waals surface area contributed by atoms with Gasteiger partial charge < -0.3 is 11.1 Å². The standard InChI is InChI=1S/C11H10F2N2S/c12-8-3-9(13)11(14)10(4-8)15-5-7-1-2-16-6-7/h1-4,6,15H,5,14H2. The van der Waals surface area contributed by atoms with Gasteiger partial charge in [0, 0.05) is 12.6 Å². The van der Waals surface area contributed by atoms with Gasteiger partial charge in [-0.2, -0.15) is 11.3 Å². The molecule has 0 saturated carbocycles. The van der Waals surface area contributed by atoms with Crippen LogP contribution in [-0.4, -0.2) is 0 Å². The minimum atomic E-state index is -0.743. The number of nitrogen functional groups attached to an aromatic ring is 1. The summed E-state index contributed by atoms with van der Waals surface area (Å²) in [6.45, 7) is 0.497. The first kappa shape index (κ1) is 10.9. The van der Waals surface area contributed by atoms with Gasteiger partial charge in [0.1, 0.15) is 5.82 Å². The molecule has 2 rings (SSSR count). The minimum Gasteiger partial charge on any atom is -0.395 e. The Morgan fingerprint density at radius 3 is 2.81 bits per heavy atom. The molecule has 1 aromatic heterocycles. The predicted molar refractivity (Wildman–Crippen MR) is 62.4 cm³/mol. The van der Waals surface area contributed by atoms with Crippen molar-refractivity contribution in [3.8, 4) is 0 Å². The third-order valence-electron chi connectivity index (χ3n) is 2.16. The molecule has 5 heteroatoms. The van der Waals surface area contributed by atoms with Gasteiger partial charge >= 0.3 is 0 Å². The Balaban J connectivity index is 2.15. The van der Waals surface area contributed by atoms with Crippen LogP contribution in [0.2, 0.25) is 0 Å². The molecule has 0 unspecified atom stereocenters. The van der Waals surface area contributed by atoms with Crippen molar-refractivity contribution in [3.05, 3.63) is 46.2 Å². The van der Waals surface area contributed by atoms with E-state index in [-0.39, 0.29) is 11.4 Å². The van der Waals surface area contributed by atoms with E-state index in [1.165, 1.54) is 6.07 Å². The molecule has 0 aliphatic carbocycles. The fraction of sp³-hybridized carbons (Fsp3) is 0.0909. The maximum Gasteiger partial charge on any atom is 0.151 e. The summed E-state index contributed by atoms with van der Waals surface area (Å²) in [4.78, 5) is 0. The van der Waals surface area contributed by atoms with Gasteiger partial charge in [-0.15, -0.1) is 0 Å². The zero-order chi connectivity index (χ0) is 11.5. The van der Waals surface area contributed by atoms with E-state index >= 15 is 0 Å². The average molecular weight is 240 g/mol. The highest BCUT2D eigenvalue weighted by atomic mass is 32.1. The van der Waals surface area contributed by atoms with Gasteiger partial charge in [-0.25, -0.2) is 8.78 Å². The third kappa shape index (κ3) is 2.30. The summed E-state index contributed by atoms with van der Waals surface area (Å²) in [7, 11) is 0. The van der Waals surface area contributed by atoms with Gasteiger partial charge in [-0.1, -0.05) is 0 Å². The maximum atomic E-state index is 13.1. The summed E-state index contributed by atoms with van der Waals surface area (Å²) in [5.74, 6) is -1.38. The van der Waals surface area contributed by atoms with Crippen LogP contribution in [0.15, 0.2) is 29.0 Å². The monoisotopic (exact) mass is 240 g/mol. The zero-order valence-corrected chi connectivity index (χ0v) is 9.15. The molecule has 3 N–H and O–H groups in total. The lowest BCUT2D eigenvalue weighted by molar-refractivity contribution is 0.587. The molecule has 0 atom stereocenters. The molecular weight excluding hydrogens is 230 g/mol. The molecule has 2 nitrogen and oxygen atoms in total. The first-order chi connectivity index (χ1) is 7.66. The number of benzene rings is 1. The average Bonchev–Trinajstić information content (AvgIpc) is 2.74. The lowest BCUT2D eigenvalue weighted by Crippen LogP contribution is -2.04. The molecule has 2 aromatic rings. The van der Waals surface area contributed by atoms with Crippen LogP contribution in [0, 0.1) is 11.6 Å². The molecule has 0 aliphatic rings. The molecule has 0 fully saturated rings. The number of thiophene rings is 1. The Bertz CT molecular complexity index is 483. The second-order valence-electron chi connectivity index (χ2n) is 3.33. The number of halogens is 2. The normalized spacial score (nSPS) is 10.4. The van der Waals surface area contributed by atoms with Crippen LogP contribution in [0.1, 0.15) is 5.56 Å². The van der Waals surface area contributed by atoms with Gasteiger partial charge in [0.05, 0.1) is 11.4 Å². The molecule has 0 radical (unpaired) electrons. The molecule has 0 bridgehead atoms. The highest BCUT2D eigenvalue weighted by Gasteiger charge is 2.07. The Labute approximate surface area is 95.7 Å². The smallest absolute Gasteiger partial charge is 0.151 e. The summed E-state index contributed by atoms with van der Waals surface area (Å²) in [6.07, 6.45) is 0. The van der Waals surface area contributed by atoms with E-state index in [0.29, 0.717) is 6.54 Å². The van der Waals surface area contributed by atoms with Crippen LogP contribution < -0.4 is 11.1 Å². The highest BCUT2D eigenvalue weighted by Crippen LogP contribution is 2.24. The van der Waals surface area contributed by atoms with Gasteiger partial charge in [0.15, 0.2) is 5.82 Å². The van der Waals surface area contributed by atoms with Crippen LogP contribution >= 0.6 is 11.3 Å². The first-order valence-electron chi connectivity index (χ1n) is 4.66. The molecule has 84 valence electrons. The van der Waals surface area contributed by atoms with Crippen LogP contribution in [0.25, 0.3) is 0 Å². The van der Waals surface area contributed by atoms with Crippen molar-refractivity contribution >= 4 is 22.7 Å². The van der Waals surface area contributed by atoms with E-state index in [1.54, 1.807) is 11.3 Å². The predicted octanol–water partition coefficient (Wildman–Crippen LogP) is 3.22. The van der Waals surface area contributed by atoms with Crippen molar-refractivity contribution in [2.45, 2.75) is 6.54 Å². The lowest BCUT2D eigenvalue weighted by Gasteiger charge is -2.09. The Kier molecular flexibility index (Phi) is 3.05.